The minimum Gasteiger partial charge on any atom is -0.339 e. The summed E-state index contributed by atoms with van der Waals surface area (Å²) in [6.07, 6.45) is 3.74. The van der Waals surface area contributed by atoms with E-state index in [1.165, 1.54) is 0 Å². The fraction of sp³-hybridized carbons (Fsp3) is 0. The Morgan fingerprint density at radius 2 is 1.57 bits per heavy atom. The predicted octanol–water partition coefficient (Wildman–Crippen LogP) is 5.76. The van der Waals surface area contributed by atoms with Gasteiger partial charge < -0.3 is 4.98 Å². The Kier molecular flexibility index (Phi) is 2.94. The van der Waals surface area contributed by atoms with Crippen molar-refractivity contribution in [3.8, 4) is 5.82 Å². The topological polar surface area (TPSA) is 59.4 Å². The van der Waals surface area contributed by atoms with E-state index in [-0.39, 0.29) is 0 Å². The Balaban J connectivity index is 1.66. The molecule has 5 nitrogen and oxygen atoms in total. The molecule has 7 rings (SSSR count). The molecule has 0 unspecified atom stereocenters. The molecule has 0 amide bonds. The summed E-state index contributed by atoms with van der Waals surface area (Å²) in [6.45, 7) is 0. The van der Waals surface area contributed by atoms with E-state index < -0.39 is 0 Å². The molecule has 0 aliphatic heterocycles. The normalized spacial score (nSPS) is 12.0. The lowest BCUT2D eigenvalue weighted by Gasteiger charge is -2.07. The number of fused-ring (bicyclic) bond motifs is 7. The molecule has 7 aromatic rings. The summed E-state index contributed by atoms with van der Waals surface area (Å²) in [5.41, 5.74) is 5.71. The summed E-state index contributed by atoms with van der Waals surface area (Å²) in [6, 6.07) is 24.9. The highest BCUT2D eigenvalue weighted by molar-refractivity contribution is 6.13. The van der Waals surface area contributed by atoms with Crippen LogP contribution in [0.1, 0.15) is 0 Å². The molecule has 0 saturated carbocycles. The number of rotatable bonds is 1. The van der Waals surface area contributed by atoms with Crippen LogP contribution >= 0.6 is 0 Å². The molecule has 2 aromatic carbocycles. The number of hydrogen-bond acceptors (Lipinski definition) is 3. The van der Waals surface area contributed by atoms with E-state index in [4.69, 9.17) is 9.97 Å². The van der Waals surface area contributed by atoms with Crippen molar-refractivity contribution in [3.05, 3.63) is 85.2 Å². The summed E-state index contributed by atoms with van der Waals surface area (Å²) >= 11 is 0. The molecule has 30 heavy (non-hydrogen) atoms. The van der Waals surface area contributed by atoms with E-state index in [9.17, 15) is 0 Å². The van der Waals surface area contributed by atoms with Crippen molar-refractivity contribution in [3.63, 3.8) is 0 Å². The van der Waals surface area contributed by atoms with Gasteiger partial charge in [0, 0.05) is 34.1 Å². The molecule has 1 N–H and O–H groups in total. The third-order valence-electron chi connectivity index (χ3n) is 5.81. The maximum atomic E-state index is 4.98. The minimum absolute atomic E-state index is 0.864. The van der Waals surface area contributed by atoms with Crippen molar-refractivity contribution in [1.29, 1.82) is 0 Å². The first-order chi connectivity index (χ1) is 14.9. The third-order valence-corrected chi connectivity index (χ3v) is 5.81. The second kappa shape index (κ2) is 5.64. The maximum Gasteiger partial charge on any atom is 0.139 e. The quantitative estimate of drug-likeness (QED) is 0.391. The first-order valence-electron chi connectivity index (χ1n) is 9.89. The number of H-pyrrole nitrogens is 1. The fourth-order valence-electron chi connectivity index (χ4n) is 4.43. The Morgan fingerprint density at radius 3 is 2.53 bits per heavy atom. The number of benzene rings is 2. The third kappa shape index (κ3) is 2.03. The van der Waals surface area contributed by atoms with Gasteiger partial charge >= 0.3 is 0 Å². The largest absolute Gasteiger partial charge is 0.339 e. The number of aromatic nitrogens is 5. The molecular weight excluding hydrogens is 370 g/mol. The monoisotopic (exact) mass is 385 g/mol. The van der Waals surface area contributed by atoms with E-state index in [1.807, 2.05) is 30.6 Å². The molecule has 0 radical (unpaired) electrons. The first kappa shape index (κ1) is 15.6. The van der Waals surface area contributed by atoms with Crippen LogP contribution < -0.4 is 0 Å². The molecule has 5 aromatic heterocycles. The van der Waals surface area contributed by atoms with Crippen LogP contribution in [0.4, 0.5) is 0 Å². The second-order valence-corrected chi connectivity index (χ2v) is 7.52. The molecule has 5 heteroatoms. The molecule has 0 atom stereocenters. The van der Waals surface area contributed by atoms with E-state index in [0.29, 0.717) is 0 Å². The minimum atomic E-state index is 0.864. The zero-order valence-corrected chi connectivity index (χ0v) is 15.9. The van der Waals surface area contributed by atoms with Gasteiger partial charge in [0.2, 0.25) is 0 Å². The summed E-state index contributed by atoms with van der Waals surface area (Å²) in [5, 5.41) is 4.54. The number of hydrogen-bond donors (Lipinski definition) is 1. The van der Waals surface area contributed by atoms with E-state index >= 15 is 0 Å². The van der Waals surface area contributed by atoms with Crippen LogP contribution in [0.2, 0.25) is 0 Å². The molecule has 140 valence electrons. The SMILES string of the molecule is c1ccc2cc(-n3c4cccnc4c4nc5[nH]c6ccccc6c5cc43)ncc2c1. The van der Waals surface area contributed by atoms with Crippen LogP contribution in [0.5, 0.6) is 0 Å². The number of pyridine rings is 3. The smallest absolute Gasteiger partial charge is 0.139 e. The fourth-order valence-corrected chi connectivity index (χ4v) is 4.43. The van der Waals surface area contributed by atoms with Crippen molar-refractivity contribution < 1.29 is 0 Å². The number of nitrogens with zero attached hydrogens (tertiary/aromatic N) is 4. The highest BCUT2D eigenvalue weighted by Crippen LogP contribution is 2.34. The Bertz CT molecular complexity index is 1760. The molecule has 0 saturated heterocycles. The lowest BCUT2D eigenvalue weighted by Crippen LogP contribution is -1.97. The van der Waals surface area contributed by atoms with Crippen molar-refractivity contribution in [2.75, 3.05) is 0 Å². The Morgan fingerprint density at radius 1 is 0.700 bits per heavy atom. The number of nitrogens with one attached hydrogen (secondary N) is 1. The van der Waals surface area contributed by atoms with Gasteiger partial charge in [-0.05, 0) is 35.7 Å². The van der Waals surface area contributed by atoms with Gasteiger partial charge in [-0.1, -0.05) is 42.5 Å². The van der Waals surface area contributed by atoms with Crippen molar-refractivity contribution >= 4 is 54.8 Å². The molecule has 0 bridgehead atoms. The Labute approximate surface area is 170 Å². The van der Waals surface area contributed by atoms with Gasteiger partial charge in [0.25, 0.3) is 0 Å². The van der Waals surface area contributed by atoms with Crippen LogP contribution in [-0.4, -0.2) is 24.5 Å². The van der Waals surface area contributed by atoms with Crippen molar-refractivity contribution in [1.82, 2.24) is 24.5 Å². The van der Waals surface area contributed by atoms with E-state index in [0.717, 1.165) is 60.6 Å². The number of para-hydroxylation sites is 1. The van der Waals surface area contributed by atoms with Crippen LogP contribution in [0.3, 0.4) is 0 Å². The molecule has 0 fully saturated rings. The summed E-state index contributed by atoms with van der Waals surface area (Å²) in [7, 11) is 0. The highest BCUT2D eigenvalue weighted by Gasteiger charge is 2.17. The highest BCUT2D eigenvalue weighted by atomic mass is 15.1. The van der Waals surface area contributed by atoms with Crippen molar-refractivity contribution in [2.24, 2.45) is 0 Å². The molecular formula is C25H15N5. The second-order valence-electron chi connectivity index (χ2n) is 7.52. The van der Waals surface area contributed by atoms with Crippen molar-refractivity contribution in [2.45, 2.75) is 0 Å². The van der Waals surface area contributed by atoms with Gasteiger partial charge in [0.05, 0.1) is 11.0 Å². The summed E-state index contributed by atoms with van der Waals surface area (Å²) in [4.78, 5) is 17.9. The van der Waals surface area contributed by atoms with Gasteiger partial charge in [-0.3, -0.25) is 9.55 Å². The van der Waals surface area contributed by atoms with E-state index in [1.54, 1.807) is 0 Å². The van der Waals surface area contributed by atoms with Crippen LogP contribution in [0.25, 0.3) is 60.6 Å². The van der Waals surface area contributed by atoms with Gasteiger partial charge in [0.1, 0.15) is 22.5 Å². The Hall–Kier alpha value is -4.25. The van der Waals surface area contributed by atoms with Crippen LogP contribution in [0, 0.1) is 0 Å². The maximum absolute atomic E-state index is 4.98. The summed E-state index contributed by atoms with van der Waals surface area (Å²) < 4.78 is 2.16. The van der Waals surface area contributed by atoms with Gasteiger partial charge in [0.15, 0.2) is 0 Å². The van der Waals surface area contributed by atoms with E-state index in [2.05, 4.69) is 69.1 Å². The lowest BCUT2D eigenvalue weighted by molar-refractivity contribution is 1.09. The van der Waals surface area contributed by atoms with Gasteiger partial charge in [-0.2, -0.15) is 0 Å². The number of aromatic amines is 1. The zero-order valence-electron chi connectivity index (χ0n) is 15.9. The molecule has 0 aliphatic rings. The summed E-state index contributed by atoms with van der Waals surface area (Å²) in [5.74, 6) is 0.864. The molecule has 0 aliphatic carbocycles. The molecule has 5 heterocycles. The average Bonchev–Trinajstić information content (AvgIpc) is 3.32. The molecule has 0 spiro atoms. The van der Waals surface area contributed by atoms with Gasteiger partial charge in [-0.15, -0.1) is 0 Å². The predicted molar refractivity (Wildman–Crippen MR) is 121 cm³/mol. The average molecular weight is 385 g/mol. The van der Waals surface area contributed by atoms with Crippen LogP contribution in [-0.2, 0) is 0 Å². The standard InChI is InChI=1S/C25H15N5/c1-2-7-16-14-27-22(12-15(16)6-1)30-20-10-5-11-26-23(20)24-21(30)13-18-17-8-3-4-9-19(17)28-25(18)29-24/h1-14H,(H,28,29). The van der Waals surface area contributed by atoms with Crippen LogP contribution in [0.15, 0.2) is 85.2 Å². The zero-order chi connectivity index (χ0) is 19.7. The van der Waals surface area contributed by atoms with Gasteiger partial charge in [-0.25, -0.2) is 9.97 Å². The first-order valence-corrected chi connectivity index (χ1v) is 9.89. The lowest BCUT2D eigenvalue weighted by atomic mass is 10.2.